The van der Waals surface area contributed by atoms with Crippen molar-refractivity contribution in [2.24, 2.45) is 0 Å². The van der Waals surface area contributed by atoms with E-state index >= 15 is 0 Å². The SMILES string of the molecule is [Co].[Cu].[Mn].[Ni].[PbH2].[Zn]. The average molecular weight is 511 g/mol. The first-order valence-electron chi connectivity index (χ1n) is 0. The molecule has 0 rings (SSSR count). The first kappa shape index (κ1) is 55.0. The molecule has 0 fully saturated rings. The summed E-state index contributed by atoms with van der Waals surface area (Å²) in [6, 6.07) is 0. The van der Waals surface area contributed by atoms with E-state index < -0.39 is 0 Å². The third kappa shape index (κ3) is 25.6. The standard InChI is InChI=1S/Co.Cu.Mn.Ni.Pb.Zn.2H. The molecule has 0 bridgehead atoms. The fraction of sp³-hybridized carbons (Fsp3) is 0. The van der Waals surface area contributed by atoms with Gasteiger partial charge >= 0.3 is 27.3 Å². The predicted molar refractivity (Wildman–Crippen MR) is 8.54 cm³/mol. The van der Waals surface area contributed by atoms with E-state index in [9.17, 15) is 0 Å². The van der Waals surface area contributed by atoms with Crippen molar-refractivity contribution in [3.8, 4) is 0 Å². The Labute approximate surface area is 112 Å². The summed E-state index contributed by atoms with van der Waals surface area (Å²) in [6.45, 7) is 0. The van der Waals surface area contributed by atoms with Gasteiger partial charge in [0.05, 0.1) is 0 Å². The van der Waals surface area contributed by atoms with Crippen LogP contribution in [0.2, 0.25) is 0 Å². The Bertz CT molecular complexity index is 15.5. The van der Waals surface area contributed by atoms with Gasteiger partial charge in [0.15, 0.2) is 0 Å². The van der Waals surface area contributed by atoms with Crippen LogP contribution in [0.25, 0.3) is 0 Å². The van der Waals surface area contributed by atoms with Gasteiger partial charge in [-0.05, 0) is 0 Å². The Hall–Kier alpha value is 3.58. The van der Waals surface area contributed by atoms with Crippen LogP contribution in [0.1, 0.15) is 0 Å². The Morgan fingerprint density at radius 3 is 1.00 bits per heavy atom. The molecule has 0 aromatic carbocycles. The van der Waals surface area contributed by atoms with Gasteiger partial charge in [-0.25, -0.2) is 0 Å². The topological polar surface area (TPSA) is 0 Å². The van der Waals surface area contributed by atoms with Gasteiger partial charge < -0.3 is 0 Å². The molecule has 0 unspecified atom stereocenters. The molecule has 0 N–H and O–H groups in total. The molecule has 6 heavy (non-hydrogen) atoms. The van der Waals surface area contributed by atoms with Crippen LogP contribution in [-0.2, 0) is 86.9 Å². The largest absolute Gasteiger partial charge is 0 e. The maximum atomic E-state index is 0. The van der Waals surface area contributed by atoms with Crippen LogP contribution in [-0.4, -0.2) is 27.3 Å². The molecule has 0 aliphatic heterocycles. The second-order valence-electron chi connectivity index (χ2n) is 0. The van der Waals surface area contributed by atoms with Gasteiger partial charge in [0.1, 0.15) is 0 Å². The van der Waals surface area contributed by atoms with Gasteiger partial charge in [-0.1, -0.05) is 0 Å². The van der Waals surface area contributed by atoms with Crippen molar-refractivity contribution in [1.82, 2.24) is 0 Å². The first-order chi connectivity index (χ1) is 0. The maximum Gasteiger partial charge on any atom is 0 e. The molecule has 0 amide bonds. The van der Waals surface area contributed by atoms with E-state index in [1.807, 2.05) is 0 Å². The van der Waals surface area contributed by atoms with Crippen LogP contribution in [0.15, 0.2) is 0 Å². The van der Waals surface area contributed by atoms with Crippen molar-refractivity contribution < 1.29 is 86.9 Å². The van der Waals surface area contributed by atoms with Crippen LogP contribution in [0.5, 0.6) is 0 Å². The zero-order valence-electron chi connectivity index (χ0n) is 2.74. The molecule has 45 valence electrons. The molecule has 0 saturated heterocycles. The molecule has 0 heterocycles. The monoisotopic (exact) mass is 509 g/mol. The van der Waals surface area contributed by atoms with Crippen molar-refractivity contribution >= 4 is 27.3 Å². The molecule has 0 aliphatic carbocycles. The zero-order valence-corrected chi connectivity index (χ0v) is 15.4. The van der Waals surface area contributed by atoms with Crippen molar-refractivity contribution in [3.05, 3.63) is 0 Å². The molecule has 0 atom stereocenters. The number of hydrogen-bond donors (Lipinski definition) is 0. The fourth-order valence-corrected chi connectivity index (χ4v) is 0. The first-order valence-corrected chi connectivity index (χ1v) is 0. The molecule has 0 nitrogen and oxygen atoms in total. The number of hydrogen-bond acceptors (Lipinski definition) is 0. The minimum Gasteiger partial charge on any atom is 0 e. The van der Waals surface area contributed by atoms with Crippen molar-refractivity contribution in [2.45, 2.75) is 0 Å². The van der Waals surface area contributed by atoms with E-state index in [4.69, 9.17) is 0 Å². The normalized spacial score (nSPS) is 0. The summed E-state index contributed by atoms with van der Waals surface area (Å²) < 4.78 is 0. The Kier molecular flexibility index (Phi) is 352. The van der Waals surface area contributed by atoms with E-state index in [-0.39, 0.29) is 114 Å². The Morgan fingerprint density at radius 2 is 1.00 bits per heavy atom. The molecule has 0 aromatic rings. The van der Waals surface area contributed by atoms with Gasteiger partial charge in [0.25, 0.3) is 0 Å². The Balaban J connectivity index is 0. The van der Waals surface area contributed by atoms with Gasteiger partial charge in [-0.15, -0.1) is 0 Å². The summed E-state index contributed by atoms with van der Waals surface area (Å²) in [5, 5.41) is 0. The van der Waals surface area contributed by atoms with E-state index in [0.29, 0.717) is 0 Å². The summed E-state index contributed by atoms with van der Waals surface area (Å²) >= 11 is 0. The van der Waals surface area contributed by atoms with Gasteiger partial charge in [-0.3, -0.25) is 0 Å². The van der Waals surface area contributed by atoms with Crippen LogP contribution < -0.4 is 0 Å². The van der Waals surface area contributed by atoms with Crippen LogP contribution >= 0.6 is 0 Å². The second-order valence-corrected chi connectivity index (χ2v) is 0. The van der Waals surface area contributed by atoms with Crippen LogP contribution in [0.3, 0.4) is 0 Å². The summed E-state index contributed by atoms with van der Waals surface area (Å²) in [5.41, 5.74) is 0. The van der Waals surface area contributed by atoms with Crippen LogP contribution in [0.4, 0.5) is 0 Å². The molecule has 5 radical (unpaired) electrons. The van der Waals surface area contributed by atoms with Gasteiger partial charge in [0.2, 0.25) is 0 Å². The fourth-order valence-electron chi connectivity index (χ4n) is 0. The predicted octanol–water partition coefficient (Wildman–Crippen LogP) is -0.929. The molecular weight excluding hydrogens is 509 g/mol. The third-order valence-electron chi connectivity index (χ3n) is 0. The summed E-state index contributed by atoms with van der Waals surface area (Å²) in [7, 11) is 0. The van der Waals surface area contributed by atoms with Crippen LogP contribution in [0, 0.1) is 0 Å². The van der Waals surface area contributed by atoms with Gasteiger partial charge in [-0.2, -0.15) is 0 Å². The van der Waals surface area contributed by atoms with Crippen molar-refractivity contribution in [3.63, 3.8) is 0 Å². The molecule has 6 heteroatoms. The molecule has 0 aliphatic rings. The molecule has 0 aromatic heterocycles. The maximum absolute atomic E-state index is 0. The van der Waals surface area contributed by atoms with E-state index in [0.717, 1.165) is 0 Å². The van der Waals surface area contributed by atoms with E-state index in [1.54, 1.807) is 0 Å². The van der Waals surface area contributed by atoms with Crippen molar-refractivity contribution in [2.75, 3.05) is 0 Å². The van der Waals surface area contributed by atoms with E-state index in [2.05, 4.69) is 0 Å². The summed E-state index contributed by atoms with van der Waals surface area (Å²) in [5.74, 6) is 0. The summed E-state index contributed by atoms with van der Waals surface area (Å²) in [6.07, 6.45) is 0. The molecular formula is H2CoCuMnNiPbZn. The number of rotatable bonds is 0. The smallest absolute Gasteiger partial charge is 0 e. The zero-order chi connectivity index (χ0) is 0. The second kappa shape index (κ2) is 38.4. The molecule has 0 saturated carbocycles. The average Bonchev–Trinajstić information content (AvgIpc) is 0. The molecule has 0 spiro atoms. The third-order valence-corrected chi connectivity index (χ3v) is 0. The van der Waals surface area contributed by atoms with E-state index in [1.165, 1.54) is 0 Å². The van der Waals surface area contributed by atoms with Crippen molar-refractivity contribution in [1.29, 1.82) is 0 Å². The summed E-state index contributed by atoms with van der Waals surface area (Å²) in [4.78, 5) is 0. The Morgan fingerprint density at radius 1 is 1.00 bits per heavy atom. The quantitative estimate of drug-likeness (QED) is 0.370. The minimum atomic E-state index is 0. The van der Waals surface area contributed by atoms with Gasteiger partial charge in [0, 0.05) is 86.9 Å². The minimum absolute atomic E-state index is 0.